The minimum atomic E-state index is -0.391. The Labute approximate surface area is 153 Å². The maximum atomic E-state index is 13.1. The summed E-state index contributed by atoms with van der Waals surface area (Å²) in [6.07, 6.45) is 1.82. The Balaban J connectivity index is 1.79. The first-order valence-corrected chi connectivity index (χ1v) is 8.29. The lowest BCUT2D eigenvalue weighted by molar-refractivity contribution is 0.102. The number of rotatable bonds is 3. The molecule has 0 radical (unpaired) electrons. The Morgan fingerprint density at radius 3 is 2.46 bits per heavy atom. The molecule has 1 amide bonds. The number of carbonyl (C=O) groups excluding carboxylic acids is 1. The molecule has 1 N–H and O–H groups in total. The van der Waals surface area contributed by atoms with Gasteiger partial charge < -0.3 is 5.32 Å². The lowest BCUT2D eigenvalue weighted by atomic mass is 10.1. The van der Waals surface area contributed by atoms with Gasteiger partial charge in [0.05, 0.1) is 0 Å². The highest BCUT2D eigenvalue weighted by Crippen LogP contribution is 2.30. The third kappa shape index (κ3) is 3.05. The minimum Gasteiger partial charge on any atom is -0.306 e. The molecule has 26 heavy (non-hydrogen) atoms. The minimum absolute atomic E-state index is 0.342. The Bertz CT molecular complexity index is 1090. The van der Waals surface area contributed by atoms with Gasteiger partial charge in [-0.2, -0.15) is 0 Å². The van der Waals surface area contributed by atoms with Crippen LogP contribution in [0.15, 0.2) is 72.9 Å². The second kappa shape index (κ2) is 6.61. The fourth-order valence-electron chi connectivity index (χ4n) is 2.71. The second-order valence-corrected chi connectivity index (χ2v) is 6.14. The molecule has 0 fully saturated rings. The van der Waals surface area contributed by atoms with E-state index in [2.05, 4.69) is 10.3 Å². The highest BCUT2D eigenvalue weighted by Gasteiger charge is 2.17. The fourth-order valence-corrected chi connectivity index (χ4v) is 2.83. The Hall–Kier alpha value is -3.18. The average Bonchev–Trinajstić information content (AvgIpc) is 3.01. The Morgan fingerprint density at radius 1 is 1.00 bits per heavy atom. The maximum Gasteiger partial charge on any atom is 0.256 e. The van der Waals surface area contributed by atoms with Crippen LogP contribution in [0, 0.1) is 5.82 Å². The van der Waals surface area contributed by atoms with Crippen LogP contribution in [-0.2, 0) is 0 Å². The molecule has 0 unspecified atom stereocenters. The van der Waals surface area contributed by atoms with Gasteiger partial charge in [0.25, 0.3) is 5.91 Å². The van der Waals surface area contributed by atoms with Crippen molar-refractivity contribution in [2.75, 3.05) is 5.32 Å². The summed E-state index contributed by atoms with van der Waals surface area (Å²) in [6.45, 7) is 0. The van der Waals surface area contributed by atoms with E-state index in [9.17, 15) is 9.18 Å². The van der Waals surface area contributed by atoms with Crippen molar-refractivity contribution in [1.82, 2.24) is 9.38 Å². The molecule has 4 aromatic rings. The number of aromatic nitrogens is 2. The van der Waals surface area contributed by atoms with Gasteiger partial charge in [0.1, 0.15) is 23.0 Å². The molecule has 0 aliphatic heterocycles. The van der Waals surface area contributed by atoms with E-state index in [1.54, 1.807) is 16.5 Å². The van der Waals surface area contributed by atoms with Crippen molar-refractivity contribution in [2.45, 2.75) is 0 Å². The molecule has 4 nitrogen and oxygen atoms in total. The molecular formula is C20H13ClFN3O. The Morgan fingerprint density at radius 2 is 1.73 bits per heavy atom. The van der Waals surface area contributed by atoms with Crippen LogP contribution in [0.5, 0.6) is 0 Å². The number of hydrogen-bond donors (Lipinski definition) is 1. The first kappa shape index (κ1) is 16.3. The van der Waals surface area contributed by atoms with Gasteiger partial charge in [-0.05, 0) is 48.5 Å². The number of nitrogens with zero attached hydrogens (tertiary/aromatic N) is 2. The molecule has 0 spiro atoms. The SMILES string of the molecule is O=C(Nc1c(-c2ccc(Cl)cc2)nc2ccccn12)c1ccc(F)cc1. The van der Waals surface area contributed by atoms with Crippen LogP contribution in [0.3, 0.4) is 0 Å². The van der Waals surface area contributed by atoms with Crippen LogP contribution < -0.4 is 5.32 Å². The third-order valence-electron chi connectivity index (χ3n) is 3.99. The van der Waals surface area contributed by atoms with E-state index in [1.807, 2.05) is 36.5 Å². The van der Waals surface area contributed by atoms with E-state index in [4.69, 9.17) is 11.6 Å². The van der Waals surface area contributed by atoms with Crippen molar-refractivity contribution >= 4 is 29.0 Å². The quantitative estimate of drug-likeness (QED) is 0.552. The summed E-state index contributed by atoms with van der Waals surface area (Å²) < 4.78 is 14.9. The normalized spacial score (nSPS) is 10.8. The van der Waals surface area contributed by atoms with Crippen LogP contribution in [0.4, 0.5) is 10.2 Å². The second-order valence-electron chi connectivity index (χ2n) is 5.71. The molecule has 0 atom stereocenters. The van der Waals surface area contributed by atoms with E-state index in [-0.39, 0.29) is 5.91 Å². The van der Waals surface area contributed by atoms with Gasteiger partial charge in [0.2, 0.25) is 0 Å². The first-order valence-electron chi connectivity index (χ1n) is 7.92. The first-order chi connectivity index (χ1) is 12.6. The zero-order chi connectivity index (χ0) is 18.1. The van der Waals surface area contributed by atoms with E-state index in [0.717, 1.165) is 5.56 Å². The topological polar surface area (TPSA) is 46.4 Å². The maximum absolute atomic E-state index is 13.1. The summed E-state index contributed by atoms with van der Waals surface area (Å²) in [5, 5.41) is 3.51. The molecule has 0 aliphatic rings. The van der Waals surface area contributed by atoms with Crippen molar-refractivity contribution in [1.29, 1.82) is 0 Å². The van der Waals surface area contributed by atoms with Gasteiger partial charge in [-0.3, -0.25) is 9.20 Å². The molecule has 0 saturated carbocycles. The van der Waals surface area contributed by atoms with Gasteiger partial charge in [-0.1, -0.05) is 29.8 Å². The van der Waals surface area contributed by atoms with Gasteiger partial charge in [-0.15, -0.1) is 0 Å². The number of nitrogens with one attached hydrogen (secondary N) is 1. The number of fused-ring (bicyclic) bond motifs is 1. The molecule has 6 heteroatoms. The summed E-state index contributed by atoms with van der Waals surface area (Å²) in [4.78, 5) is 17.2. The molecule has 0 aliphatic carbocycles. The lowest BCUT2D eigenvalue weighted by Crippen LogP contribution is -2.14. The lowest BCUT2D eigenvalue weighted by Gasteiger charge is -2.08. The number of halogens is 2. The number of amides is 1. The van der Waals surface area contributed by atoms with Crippen molar-refractivity contribution < 1.29 is 9.18 Å². The zero-order valence-electron chi connectivity index (χ0n) is 13.5. The summed E-state index contributed by atoms with van der Waals surface area (Å²) in [5.41, 5.74) is 2.52. The highest BCUT2D eigenvalue weighted by molar-refractivity contribution is 6.30. The smallest absolute Gasteiger partial charge is 0.256 e. The van der Waals surface area contributed by atoms with Crippen LogP contribution in [0.1, 0.15) is 10.4 Å². The van der Waals surface area contributed by atoms with Crippen molar-refractivity contribution in [2.24, 2.45) is 0 Å². The van der Waals surface area contributed by atoms with Crippen LogP contribution in [0.2, 0.25) is 5.02 Å². The molecule has 0 bridgehead atoms. The standard InChI is InChI=1S/C20H13ClFN3O/c21-15-8-4-13(5-9-15)18-19(25-12-2-1-3-17(25)23-18)24-20(26)14-6-10-16(22)11-7-14/h1-12H,(H,24,26). The molecule has 2 aromatic heterocycles. The number of anilines is 1. The van der Waals surface area contributed by atoms with Crippen LogP contribution in [0.25, 0.3) is 16.9 Å². The average molecular weight is 366 g/mol. The molecular weight excluding hydrogens is 353 g/mol. The van der Waals surface area contributed by atoms with Gasteiger partial charge >= 0.3 is 0 Å². The van der Waals surface area contributed by atoms with Crippen LogP contribution in [-0.4, -0.2) is 15.3 Å². The largest absolute Gasteiger partial charge is 0.306 e. The number of pyridine rings is 1. The highest BCUT2D eigenvalue weighted by atomic mass is 35.5. The van der Waals surface area contributed by atoms with Crippen molar-refractivity contribution in [3.05, 3.63) is 89.3 Å². The third-order valence-corrected chi connectivity index (χ3v) is 4.24. The van der Waals surface area contributed by atoms with Crippen molar-refractivity contribution in [3.63, 3.8) is 0 Å². The number of benzene rings is 2. The summed E-state index contributed by atoms with van der Waals surface area (Å²) in [6, 6.07) is 18.2. The van der Waals surface area contributed by atoms with Gasteiger partial charge in [-0.25, -0.2) is 9.37 Å². The molecule has 0 saturated heterocycles. The molecule has 2 heterocycles. The molecule has 128 valence electrons. The number of carbonyl (C=O) groups is 1. The van der Waals surface area contributed by atoms with Crippen molar-refractivity contribution in [3.8, 4) is 11.3 Å². The fraction of sp³-hybridized carbons (Fsp3) is 0. The van der Waals surface area contributed by atoms with Gasteiger partial charge in [0, 0.05) is 22.3 Å². The predicted octanol–water partition coefficient (Wildman–Crippen LogP) is 5.05. The summed E-state index contributed by atoms with van der Waals surface area (Å²) in [5.74, 6) is -0.193. The van der Waals surface area contributed by atoms with E-state index >= 15 is 0 Å². The number of imidazole rings is 1. The zero-order valence-corrected chi connectivity index (χ0v) is 14.2. The van der Waals surface area contributed by atoms with Crippen LogP contribution >= 0.6 is 11.6 Å². The monoisotopic (exact) mass is 365 g/mol. The summed E-state index contributed by atoms with van der Waals surface area (Å²) in [7, 11) is 0. The number of hydrogen-bond acceptors (Lipinski definition) is 2. The Kier molecular flexibility index (Phi) is 4.14. The van der Waals surface area contributed by atoms with E-state index < -0.39 is 5.82 Å². The summed E-state index contributed by atoms with van der Waals surface area (Å²) >= 11 is 5.97. The van der Waals surface area contributed by atoms with Gasteiger partial charge in [0.15, 0.2) is 0 Å². The molecule has 2 aromatic carbocycles. The van der Waals surface area contributed by atoms with E-state index in [0.29, 0.717) is 27.7 Å². The molecule has 4 rings (SSSR count). The van der Waals surface area contributed by atoms with E-state index in [1.165, 1.54) is 24.3 Å². The predicted molar refractivity (Wildman–Crippen MR) is 100.0 cm³/mol.